The molecule has 0 unspecified atom stereocenters. The standard InChI is InChI=1S/C19H40N2O/c1-8-9-10-11-12-13-14-21(6,7)17-15-18(2,3)20(22)19(4,5)16-17/h17H,8-16H2,1-7H3/q+1. The topological polar surface area (TPSA) is 23.1 Å². The van der Waals surface area contributed by atoms with E-state index in [0.29, 0.717) is 6.04 Å². The molecular weight excluding hydrogens is 272 g/mol. The Morgan fingerprint density at radius 3 is 1.86 bits per heavy atom. The highest BCUT2D eigenvalue weighted by molar-refractivity contribution is 4.96. The second-order valence-electron chi connectivity index (χ2n) is 9.25. The van der Waals surface area contributed by atoms with Crippen molar-refractivity contribution in [3.63, 3.8) is 0 Å². The van der Waals surface area contributed by atoms with Crippen LogP contribution < -0.4 is 0 Å². The van der Waals surface area contributed by atoms with Gasteiger partial charge in [0.25, 0.3) is 0 Å². The molecule has 0 aliphatic carbocycles. The van der Waals surface area contributed by atoms with Gasteiger partial charge in [-0.2, -0.15) is 0 Å². The van der Waals surface area contributed by atoms with Gasteiger partial charge in [0, 0.05) is 23.9 Å². The quantitative estimate of drug-likeness (QED) is 0.467. The fourth-order valence-electron chi connectivity index (χ4n) is 4.19. The first-order valence-electron chi connectivity index (χ1n) is 9.33. The van der Waals surface area contributed by atoms with Crippen molar-refractivity contribution < 1.29 is 9.69 Å². The molecule has 0 amide bonds. The number of hydrogen-bond acceptors (Lipinski definition) is 1. The number of piperidine rings is 1. The highest BCUT2D eigenvalue weighted by Gasteiger charge is 2.50. The fraction of sp³-hybridized carbons (Fsp3) is 1.00. The molecule has 1 fully saturated rings. The van der Waals surface area contributed by atoms with E-state index in [1.54, 1.807) is 0 Å². The molecule has 1 radical (unpaired) electrons. The summed E-state index contributed by atoms with van der Waals surface area (Å²) in [6.45, 7) is 11.9. The maximum atomic E-state index is 12.5. The molecule has 0 aromatic carbocycles. The molecule has 1 aliphatic rings. The molecule has 1 heterocycles. The molecular formula is C19H40N2O+. The van der Waals surface area contributed by atoms with E-state index in [1.807, 2.05) is 0 Å². The van der Waals surface area contributed by atoms with E-state index in [9.17, 15) is 5.21 Å². The minimum atomic E-state index is -0.247. The summed E-state index contributed by atoms with van der Waals surface area (Å²) < 4.78 is 1.06. The molecule has 3 heteroatoms. The van der Waals surface area contributed by atoms with Gasteiger partial charge in [0.2, 0.25) is 0 Å². The van der Waals surface area contributed by atoms with Crippen molar-refractivity contribution in [3.8, 4) is 0 Å². The SMILES string of the molecule is CCCCCCCC[N+](C)(C)C1CC(C)(C)N([O])C(C)(C)C1. The lowest BCUT2D eigenvalue weighted by molar-refractivity contribution is -0.918. The van der Waals surface area contributed by atoms with Gasteiger partial charge in [-0.15, -0.1) is 10.3 Å². The summed E-state index contributed by atoms with van der Waals surface area (Å²) in [4.78, 5) is 0. The molecule has 1 saturated heterocycles. The van der Waals surface area contributed by atoms with Gasteiger partial charge >= 0.3 is 0 Å². The predicted octanol–water partition coefficient (Wildman–Crippen LogP) is 4.79. The molecule has 22 heavy (non-hydrogen) atoms. The molecule has 0 atom stereocenters. The van der Waals surface area contributed by atoms with Crippen LogP contribution in [0.4, 0.5) is 0 Å². The van der Waals surface area contributed by atoms with Gasteiger partial charge in [0.05, 0.1) is 26.7 Å². The molecule has 3 nitrogen and oxygen atoms in total. The summed E-state index contributed by atoms with van der Waals surface area (Å²) in [5, 5.41) is 13.9. The van der Waals surface area contributed by atoms with Crippen molar-refractivity contribution >= 4 is 0 Å². The van der Waals surface area contributed by atoms with Crippen LogP contribution in [0.5, 0.6) is 0 Å². The lowest BCUT2D eigenvalue weighted by Crippen LogP contribution is -2.65. The Balaban J connectivity index is 2.53. The smallest absolute Gasteiger partial charge is 0.0923 e. The predicted molar refractivity (Wildman–Crippen MR) is 94.1 cm³/mol. The number of quaternary nitrogens is 1. The summed E-state index contributed by atoms with van der Waals surface area (Å²) in [5.41, 5.74) is -0.494. The summed E-state index contributed by atoms with van der Waals surface area (Å²) in [7, 11) is 4.73. The first-order valence-corrected chi connectivity index (χ1v) is 9.33. The van der Waals surface area contributed by atoms with Crippen LogP contribution in [0, 0.1) is 0 Å². The van der Waals surface area contributed by atoms with E-state index in [0.717, 1.165) is 17.3 Å². The van der Waals surface area contributed by atoms with Gasteiger partial charge in [0.1, 0.15) is 0 Å². The number of hydrogen-bond donors (Lipinski definition) is 0. The van der Waals surface area contributed by atoms with Crippen LogP contribution in [0.25, 0.3) is 0 Å². The number of hydroxylamine groups is 2. The lowest BCUT2D eigenvalue weighted by atomic mass is 9.77. The Bertz CT molecular complexity index is 318. The number of rotatable bonds is 8. The maximum absolute atomic E-state index is 12.5. The van der Waals surface area contributed by atoms with Gasteiger partial charge in [0.15, 0.2) is 0 Å². The Labute approximate surface area is 139 Å². The average molecular weight is 313 g/mol. The van der Waals surface area contributed by atoms with Gasteiger partial charge < -0.3 is 4.48 Å². The molecule has 0 aromatic heterocycles. The zero-order chi connectivity index (χ0) is 17.0. The third kappa shape index (κ3) is 5.21. The van der Waals surface area contributed by atoms with Crippen LogP contribution in [0.3, 0.4) is 0 Å². The highest BCUT2D eigenvalue weighted by Crippen LogP contribution is 2.40. The molecule has 1 aliphatic heterocycles. The molecule has 0 bridgehead atoms. The van der Waals surface area contributed by atoms with E-state index in [-0.39, 0.29) is 11.1 Å². The van der Waals surface area contributed by atoms with E-state index in [4.69, 9.17) is 0 Å². The normalized spacial score (nSPS) is 22.9. The second kappa shape index (κ2) is 7.63. The van der Waals surface area contributed by atoms with Crippen LogP contribution in [0.15, 0.2) is 0 Å². The zero-order valence-corrected chi connectivity index (χ0v) is 16.2. The van der Waals surface area contributed by atoms with E-state index < -0.39 is 0 Å². The van der Waals surface area contributed by atoms with Crippen LogP contribution in [0.1, 0.15) is 86.0 Å². The summed E-state index contributed by atoms with van der Waals surface area (Å²) in [6, 6.07) is 0.589. The average Bonchev–Trinajstić information content (AvgIpc) is 2.39. The largest absolute Gasteiger partial charge is 0.326 e. The van der Waals surface area contributed by atoms with Gasteiger partial charge in [-0.05, 0) is 40.5 Å². The van der Waals surface area contributed by atoms with Crippen molar-refractivity contribution in [2.45, 2.75) is 103 Å². The summed E-state index contributed by atoms with van der Waals surface area (Å²) in [6.07, 6.45) is 10.1. The van der Waals surface area contributed by atoms with Gasteiger partial charge in [-0.1, -0.05) is 32.6 Å². The van der Waals surface area contributed by atoms with E-state index in [2.05, 4.69) is 48.7 Å². The summed E-state index contributed by atoms with van der Waals surface area (Å²) >= 11 is 0. The molecule has 0 spiro atoms. The number of unbranched alkanes of at least 4 members (excludes halogenated alkanes) is 5. The van der Waals surface area contributed by atoms with Crippen LogP contribution in [0.2, 0.25) is 0 Å². The Kier molecular flexibility index (Phi) is 6.91. The minimum Gasteiger partial charge on any atom is -0.326 e. The first-order chi connectivity index (χ1) is 10.0. The third-order valence-electron chi connectivity index (χ3n) is 5.65. The molecule has 131 valence electrons. The van der Waals surface area contributed by atoms with E-state index in [1.165, 1.54) is 50.1 Å². The molecule has 0 aromatic rings. The van der Waals surface area contributed by atoms with Gasteiger partial charge in [-0.3, -0.25) is 0 Å². The highest BCUT2D eigenvalue weighted by atomic mass is 16.5. The van der Waals surface area contributed by atoms with Crippen molar-refractivity contribution in [3.05, 3.63) is 0 Å². The monoisotopic (exact) mass is 312 g/mol. The Hall–Kier alpha value is -0.120. The zero-order valence-electron chi connectivity index (χ0n) is 16.2. The minimum absolute atomic E-state index is 0.247. The first kappa shape index (κ1) is 19.9. The van der Waals surface area contributed by atoms with Gasteiger partial charge in [-0.25, -0.2) is 0 Å². The van der Waals surface area contributed by atoms with Crippen molar-refractivity contribution in [2.75, 3.05) is 20.6 Å². The third-order valence-corrected chi connectivity index (χ3v) is 5.65. The van der Waals surface area contributed by atoms with E-state index >= 15 is 0 Å². The Morgan fingerprint density at radius 1 is 0.909 bits per heavy atom. The van der Waals surface area contributed by atoms with Crippen LogP contribution >= 0.6 is 0 Å². The second-order valence-corrected chi connectivity index (χ2v) is 9.25. The summed E-state index contributed by atoms with van der Waals surface area (Å²) in [5.74, 6) is 0. The van der Waals surface area contributed by atoms with Crippen molar-refractivity contribution in [1.29, 1.82) is 0 Å². The van der Waals surface area contributed by atoms with Crippen LogP contribution in [-0.2, 0) is 5.21 Å². The van der Waals surface area contributed by atoms with Crippen molar-refractivity contribution in [2.24, 2.45) is 0 Å². The number of nitrogens with zero attached hydrogens (tertiary/aromatic N) is 2. The molecule has 0 saturated carbocycles. The maximum Gasteiger partial charge on any atom is 0.0923 e. The molecule has 0 N–H and O–H groups in total. The molecule has 1 rings (SSSR count). The van der Waals surface area contributed by atoms with Crippen molar-refractivity contribution in [1.82, 2.24) is 5.06 Å². The lowest BCUT2D eigenvalue weighted by Gasteiger charge is -2.53. The fourth-order valence-corrected chi connectivity index (χ4v) is 4.19. The Morgan fingerprint density at radius 2 is 1.36 bits per heavy atom. The van der Waals surface area contributed by atoms with Crippen LogP contribution in [-0.4, -0.2) is 47.3 Å².